The first-order valence-corrected chi connectivity index (χ1v) is 10.6. The van der Waals surface area contributed by atoms with Crippen molar-refractivity contribution < 1.29 is 9.32 Å². The predicted molar refractivity (Wildman–Crippen MR) is 108 cm³/mol. The summed E-state index contributed by atoms with van der Waals surface area (Å²) in [6.45, 7) is 9.35. The summed E-state index contributed by atoms with van der Waals surface area (Å²) in [5, 5.41) is 8.33. The van der Waals surface area contributed by atoms with Crippen LogP contribution in [0.1, 0.15) is 38.4 Å². The fourth-order valence-electron chi connectivity index (χ4n) is 4.22. The molecule has 29 heavy (non-hydrogen) atoms. The molecule has 0 bridgehead atoms. The summed E-state index contributed by atoms with van der Waals surface area (Å²) >= 11 is 0. The minimum Gasteiger partial charge on any atom is -0.339 e. The molecule has 2 aliphatic heterocycles. The summed E-state index contributed by atoms with van der Waals surface area (Å²) in [4.78, 5) is 24.2. The molecule has 4 heterocycles. The van der Waals surface area contributed by atoms with Crippen molar-refractivity contribution in [3.63, 3.8) is 0 Å². The van der Waals surface area contributed by atoms with E-state index in [-0.39, 0.29) is 11.9 Å². The Kier molecular flexibility index (Phi) is 5.96. The summed E-state index contributed by atoms with van der Waals surface area (Å²) in [6, 6.07) is -0.0334. The van der Waals surface area contributed by atoms with Crippen molar-refractivity contribution in [2.24, 2.45) is 13.0 Å². The van der Waals surface area contributed by atoms with Gasteiger partial charge < -0.3 is 9.42 Å². The van der Waals surface area contributed by atoms with Crippen LogP contribution in [0.5, 0.6) is 0 Å². The van der Waals surface area contributed by atoms with Crippen LogP contribution in [0.2, 0.25) is 0 Å². The molecule has 1 unspecified atom stereocenters. The zero-order chi connectivity index (χ0) is 20.4. The van der Waals surface area contributed by atoms with Crippen LogP contribution in [-0.4, -0.2) is 74.4 Å². The third-order valence-corrected chi connectivity index (χ3v) is 5.72. The molecule has 2 aliphatic rings. The van der Waals surface area contributed by atoms with Crippen LogP contribution >= 0.6 is 0 Å². The smallest absolute Gasteiger partial charge is 0.244 e. The van der Waals surface area contributed by atoms with Gasteiger partial charge in [0.15, 0.2) is 5.82 Å². The molecule has 158 valence electrons. The van der Waals surface area contributed by atoms with Gasteiger partial charge in [0.25, 0.3) is 0 Å². The number of aromatic nitrogens is 4. The van der Waals surface area contributed by atoms with E-state index in [0.29, 0.717) is 12.5 Å². The Morgan fingerprint density at radius 2 is 2.00 bits per heavy atom. The van der Waals surface area contributed by atoms with E-state index in [2.05, 4.69) is 38.9 Å². The van der Waals surface area contributed by atoms with Gasteiger partial charge >= 0.3 is 0 Å². The SMILES string of the molecule is CC(C)Cc1nc(CN2CCN(C3CCCN(c4cnn(C)c4)C3=O)CC2)no1. The fraction of sp³-hybridized carbons (Fsp3) is 0.700. The van der Waals surface area contributed by atoms with Gasteiger partial charge in [-0.05, 0) is 18.8 Å². The molecule has 9 nitrogen and oxygen atoms in total. The van der Waals surface area contributed by atoms with E-state index in [4.69, 9.17) is 4.52 Å². The van der Waals surface area contributed by atoms with E-state index < -0.39 is 0 Å². The normalized spacial score (nSPS) is 22.0. The van der Waals surface area contributed by atoms with E-state index in [1.54, 1.807) is 10.9 Å². The second kappa shape index (κ2) is 8.62. The van der Waals surface area contributed by atoms with Gasteiger partial charge in [-0.15, -0.1) is 0 Å². The maximum atomic E-state index is 13.1. The van der Waals surface area contributed by atoms with Crippen LogP contribution in [-0.2, 0) is 24.8 Å². The highest BCUT2D eigenvalue weighted by Crippen LogP contribution is 2.24. The second-order valence-corrected chi connectivity index (χ2v) is 8.53. The molecule has 0 saturated carbocycles. The summed E-state index contributed by atoms with van der Waals surface area (Å²) in [5.41, 5.74) is 0.898. The average Bonchev–Trinajstić information content (AvgIpc) is 3.31. The zero-order valence-electron chi connectivity index (χ0n) is 17.6. The standard InChI is InChI=1S/C20H31N7O2/c1-15(2)11-19-22-18(23-29-19)14-25-7-9-26(10-8-25)17-5-4-6-27(20(17)28)16-12-21-24(3)13-16/h12-13,15,17H,4-11,14H2,1-3H3. The molecular formula is C20H31N7O2. The highest BCUT2D eigenvalue weighted by molar-refractivity contribution is 5.97. The molecule has 2 fully saturated rings. The number of hydrogen-bond acceptors (Lipinski definition) is 7. The van der Waals surface area contributed by atoms with Gasteiger partial charge in [-0.3, -0.25) is 19.3 Å². The first-order chi connectivity index (χ1) is 14.0. The van der Waals surface area contributed by atoms with Crippen molar-refractivity contribution in [3.05, 3.63) is 24.1 Å². The van der Waals surface area contributed by atoms with Crippen LogP contribution in [0, 0.1) is 5.92 Å². The number of aryl methyl sites for hydroxylation is 1. The summed E-state index contributed by atoms with van der Waals surface area (Å²) in [7, 11) is 1.88. The lowest BCUT2D eigenvalue weighted by atomic mass is 10.0. The van der Waals surface area contributed by atoms with Gasteiger partial charge in [0.05, 0.1) is 24.5 Å². The van der Waals surface area contributed by atoms with E-state index in [1.807, 2.05) is 18.1 Å². The van der Waals surface area contributed by atoms with Crippen molar-refractivity contribution in [3.8, 4) is 0 Å². The number of amides is 1. The number of carbonyl (C=O) groups is 1. The number of piperidine rings is 1. The highest BCUT2D eigenvalue weighted by atomic mass is 16.5. The Labute approximate surface area is 171 Å². The Balaban J connectivity index is 1.31. The van der Waals surface area contributed by atoms with Gasteiger partial charge in [-0.1, -0.05) is 19.0 Å². The monoisotopic (exact) mass is 401 g/mol. The molecule has 0 aliphatic carbocycles. The Hall–Kier alpha value is -2.26. The van der Waals surface area contributed by atoms with Crippen LogP contribution in [0.25, 0.3) is 0 Å². The van der Waals surface area contributed by atoms with E-state index in [1.165, 1.54) is 0 Å². The maximum Gasteiger partial charge on any atom is 0.244 e. The molecule has 0 radical (unpaired) electrons. The van der Waals surface area contributed by atoms with E-state index in [0.717, 1.165) is 69.4 Å². The summed E-state index contributed by atoms with van der Waals surface area (Å²) in [6.07, 6.45) is 6.46. The third kappa shape index (κ3) is 4.67. The predicted octanol–water partition coefficient (Wildman–Crippen LogP) is 1.31. The van der Waals surface area contributed by atoms with Crippen molar-refractivity contribution in [1.29, 1.82) is 0 Å². The number of hydrogen-bond donors (Lipinski definition) is 0. The first kappa shape index (κ1) is 20.0. The minimum absolute atomic E-state index is 0.0334. The molecule has 2 aromatic rings. The molecule has 1 amide bonds. The quantitative estimate of drug-likeness (QED) is 0.722. The van der Waals surface area contributed by atoms with Crippen LogP contribution in [0.3, 0.4) is 0 Å². The number of piperazine rings is 1. The molecule has 4 rings (SSSR count). The molecule has 0 spiro atoms. The summed E-state index contributed by atoms with van der Waals surface area (Å²) in [5.74, 6) is 2.18. The fourth-order valence-corrected chi connectivity index (χ4v) is 4.22. The summed E-state index contributed by atoms with van der Waals surface area (Å²) < 4.78 is 7.09. The van der Waals surface area contributed by atoms with Crippen molar-refractivity contribution in [2.45, 2.75) is 45.7 Å². The molecule has 2 saturated heterocycles. The Morgan fingerprint density at radius 1 is 1.21 bits per heavy atom. The molecule has 0 aromatic carbocycles. The Morgan fingerprint density at radius 3 is 2.69 bits per heavy atom. The van der Waals surface area contributed by atoms with E-state index >= 15 is 0 Å². The second-order valence-electron chi connectivity index (χ2n) is 8.53. The molecule has 1 atom stereocenters. The topological polar surface area (TPSA) is 83.5 Å². The van der Waals surface area contributed by atoms with Crippen LogP contribution in [0.4, 0.5) is 5.69 Å². The van der Waals surface area contributed by atoms with Gasteiger partial charge in [0.2, 0.25) is 11.8 Å². The minimum atomic E-state index is -0.0334. The van der Waals surface area contributed by atoms with Gasteiger partial charge in [0.1, 0.15) is 0 Å². The lowest BCUT2D eigenvalue weighted by molar-refractivity contribution is -0.126. The van der Waals surface area contributed by atoms with Gasteiger partial charge in [-0.2, -0.15) is 10.1 Å². The largest absolute Gasteiger partial charge is 0.339 e. The Bertz CT molecular complexity index is 822. The molecule has 0 N–H and O–H groups in total. The average molecular weight is 402 g/mol. The number of carbonyl (C=O) groups excluding carboxylic acids is 1. The zero-order valence-corrected chi connectivity index (χ0v) is 17.6. The lowest BCUT2D eigenvalue weighted by Crippen LogP contribution is -2.57. The van der Waals surface area contributed by atoms with Gasteiger partial charge in [-0.25, -0.2) is 0 Å². The van der Waals surface area contributed by atoms with Crippen molar-refractivity contribution in [1.82, 2.24) is 29.7 Å². The third-order valence-electron chi connectivity index (χ3n) is 5.72. The van der Waals surface area contributed by atoms with E-state index in [9.17, 15) is 4.79 Å². The highest BCUT2D eigenvalue weighted by Gasteiger charge is 2.35. The number of nitrogens with zero attached hydrogens (tertiary/aromatic N) is 7. The first-order valence-electron chi connectivity index (χ1n) is 10.6. The molecule has 2 aromatic heterocycles. The lowest BCUT2D eigenvalue weighted by Gasteiger charge is -2.42. The number of anilines is 1. The van der Waals surface area contributed by atoms with Gasteiger partial charge in [0, 0.05) is 52.4 Å². The molecular weight excluding hydrogens is 370 g/mol. The van der Waals surface area contributed by atoms with Crippen molar-refractivity contribution >= 4 is 11.6 Å². The maximum absolute atomic E-state index is 13.1. The molecule has 9 heteroatoms. The number of rotatable bonds is 6. The van der Waals surface area contributed by atoms with Crippen LogP contribution in [0.15, 0.2) is 16.9 Å². The van der Waals surface area contributed by atoms with Crippen molar-refractivity contribution in [2.75, 3.05) is 37.6 Å². The van der Waals surface area contributed by atoms with Crippen LogP contribution < -0.4 is 4.90 Å².